The number of para-hydroxylation sites is 1. The van der Waals surface area contributed by atoms with E-state index >= 15 is 0 Å². The molecule has 0 aliphatic carbocycles. The molecule has 2 aromatic carbocycles. The Hall–Kier alpha value is -3.27. The minimum Gasteiger partial charge on any atom is -0.464 e. The van der Waals surface area contributed by atoms with Gasteiger partial charge in [-0.05, 0) is 59.0 Å². The molecule has 8 heteroatoms. The number of imide groups is 1. The first kappa shape index (κ1) is 19.7. The summed E-state index contributed by atoms with van der Waals surface area (Å²) in [7, 11) is 1.37. The second-order valence-electron chi connectivity index (χ2n) is 7.41. The summed E-state index contributed by atoms with van der Waals surface area (Å²) in [6.07, 6.45) is 1.17. The average Bonchev–Trinajstić information content (AvgIpc) is 2.99. The fourth-order valence-electron chi connectivity index (χ4n) is 4.13. The minimum absolute atomic E-state index is 0.00233. The SMILES string of the molecule is CN1C(=O)C2=C(C1=O)N(c1ccc(I)cc1)C(=O)CC2c1coc2ccccc2c1=O. The van der Waals surface area contributed by atoms with Gasteiger partial charge in [0.1, 0.15) is 11.3 Å². The van der Waals surface area contributed by atoms with Crippen LogP contribution in [0.5, 0.6) is 0 Å². The van der Waals surface area contributed by atoms with Crippen molar-refractivity contribution in [1.82, 2.24) is 4.90 Å². The monoisotopic (exact) mass is 526 g/mol. The second-order valence-corrected chi connectivity index (χ2v) is 8.66. The zero-order valence-corrected chi connectivity index (χ0v) is 18.5. The lowest BCUT2D eigenvalue weighted by Gasteiger charge is -2.31. The van der Waals surface area contributed by atoms with Crippen molar-refractivity contribution in [2.24, 2.45) is 0 Å². The lowest BCUT2D eigenvalue weighted by molar-refractivity contribution is -0.136. The zero-order valence-electron chi connectivity index (χ0n) is 16.3. The predicted octanol–water partition coefficient (Wildman–Crippen LogP) is 3.17. The van der Waals surface area contributed by atoms with Gasteiger partial charge in [0.05, 0.1) is 17.2 Å². The third-order valence-electron chi connectivity index (χ3n) is 5.66. The van der Waals surface area contributed by atoms with E-state index in [0.717, 1.165) is 8.47 Å². The lowest BCUT2D eigenvalue weighted by Crippen LogP contribution is -2.39. The van der Waals surface area contributed by atoms with E-state index in [9.17, 15) is 19.2 Å². The van der Waals surface area contributed by atoms with E-state index in [1.807, 2.05) is 12.1 Å². The van der Waals surface area contributed by atoms with Gasteiger partial charge in [0.15, 0.2) is 5.43 Å². The molecular weight excluding hydrogens is 511 g/mol. The molecule has 5 rings (SSSR count). The Morgan fingerprint density at radius 1 is 0.968 bits per heavy atom. The van der Waals surface area contributed by atoms with E-state index < -0.39 is 17.7 Å². The Kier molecular flexibility index (Phi) is 4.54. The van der Waals surface area contributed by atoms with Crippen LogP contribution in [0.3, 0.4) is 0 Å². The summed E-state index contributed by atoms with van der Waals surface area (Å²) in [6, 6.07) is 13.9. The maximum absolute atomic E-state index is 13.2. The van der Waals surface area contributed by atoms with Crippen LogP contribution in [0.25, 0.3) is 11.0 Å². The van der Waals surface area contributed by atoms with E-state index in [2.05, 4.69) is 22.6 Å². The van der Waals surface area contributed by atoms with Crippen LogP contribution in [0.4, 0.5) is 5.69 Å². The minimum atomic E-state index is -0.857. The quantitative estimate of drug-likeness (QED) is 0.378. The molecule has 3 amide bonds. The number of nitrogens with zero attached hydrogens (tertiary/aromatic N) is 2. The first-order chi connectivity index (χ1) is 14.9. The molecule has 2 aliphatic rings. The van der Waals surface area contributed by atoms with Crippen LogP contribution in [0.15, 0.2) is 75.3 Å². The molecular formula is C23H15IN2O5. The van der Waals surface area contributed by atoms with Gasteiger partial charge in [0.2, 0.25) is 5.91 Å². The molecule has 0 radical (unpaired) electrons. The Morgan fingerprint density at radius 3 is 2.42 bits per heavy atom. The molecule has 154 valence electrons. The topological polar surface area (TPSA) is 87.9 Å². The zero-order chi connectivity index (χ0) is 21.9. The molecule has 0 saturated carbocycles. The number of carbonyl (C=O) groups is 3. The Balaban J connectivity index is 1.73. The Morgan fingerprint density at radius 2 is 1.68 bits per heavy atom. The molecule has 1 atom stereocenters. The van der Waals surface area contributed by atoms with Crippen molar-refractivity contribution in [1.29, 1.82) is 0 Å². The molecule has 1 aromatic heterocycles. The number of rotatable bonds is 2. The highest BCUT2D eigenvalue weighted by Crippen LogP contribution is 2.42. The predicted molar refractivity (Wildman–Crippen MR) is 121 cm³/mol. The molecule has 0 bridgehead atoms. The largest absolute Gasteiger partial charge is 0.464 e. The van der Waals surface area contributed by atoms with E-state index in [1.54, 1.807) is 36.4 Å². The Bertz CT molecular complexity index is 1370. The number of fused-ring (bicyclic) bond motifs is 1. The maximum Gasteiger partial charge on any atom is 0.278 e. The van der Waals surface area contributed by atoms with E-state index in [1.165, 1.54) is 18.2 Å². The van der Waals surface area contributed by atoms with Gasteiger partial charge in [0, 0.05) is 34.2 Å². The van der Waals surface area contributed by atoms with Crippen LogP contribution in [0, 0.1) is 3.57 Å². The summed E-state index contributed by atoms with van der Waals surface area (Å²) < 4.78 is 6.59. The Labute approximate surface area is 190 Å². The van der Waals surface area contributed by atoms with Crippen molar-refractivity contribution in [3.63, 3.8) is 0 Å². The van der Waals surface area contributed by atoms with Crippen molar-refractivity contribution in [3.05, 3.63) is 85.4 Å². The normalized spacial score (nSPS) is 18.9. The van der Waals surface area contributed by atoms with Crippen LogP contribution >= 0.6 is 22.6 Å². The number of likely N-dealkylation sites (N-methyl/N-ethyl adjacent to an activating group) is 1. The summed E-state index contributed by atoms with van der Waals surface area (Å²) in [5.41, 5.74) is 0.940. The fraction of sp³-hybridized carbons (Fsp3) is 0.130. The number of benzene rings is 2. The molecule has 2 aliphatic heterocycles. The smallest absolute Gasteiger partial charge is 0.278 e. The average molecular weight is 526 g/mol. The molecule has 3 heterocycles. The number of amides is 3. The highest BCUT2D eigenvalue weighted by molar-refractivity contribution is 14.1. The lowest BCUT2D eigenvalue weighted by atomic mass is 9.84. The summed E-state index contributed by atoms with van der Waals surface area (Å²) >= 11 is 2.15. The van der Waals surface area contributed by atoms with E-state index in [0.29, 0.717) is 16.7 Å². The summed E-state index contributed by atoms with van der Waals surface area (Å²) in [5, 5.41) is 0.361. The van der Waals surface area contributed by atoms with Crippen LogP contribution in [-0.2, 0) is 14.4 Å². The first-order valence-corrected chi connectivity index (χ1v) is 10.6. The number of hydrogen-bond donors (Lipinski definition) is 0. The summed E-state index contributed by atoms with van der Waals surface area (Å²) in [4.78, 5) is 54.6. The molecule has 31 heavy (non-hydrogen) atoms. The van der Waals surface area contributed by atoms with Crippen LogP contribution < -0.4 is 10.3 Å². The summed E-state index contributed by atoms with van der Waals surface area (Å²) in [5.74, 6) is -2.30. The van der Waals surface area contributed by atoms with Crippen molar-refractivity contribution < 1.29 is 18.8 Å². The second kappa shape index (κ2) is 7.16. The molecule has 0 N–H and O–H groups in total. The van der Waals surface area contributed by atoms with Crippen molar-refractivity contribution in [2.45, 2.75) is 12.3 Å². The highest BCUT2D eigenvalue weighted by Gasteiger charge is 2.49. The van der Waals surface area contributed by atoms with Crippen LogP contribution in [0.1, 0.15) is 17.9 Å². The van der Waals surface area contributed by atoms with Crippen LogP contribution in [0.2, 0.25) is 0 Å². The van der Waals surface area contributed by atoms with Gasteiger partial charge >= 0.3 is 0 Å². The van der Waals surface area contributed by atoms with Gasteiger partial charge in [-0.15, -0.1) is 0 Å². The fourth-order valence-corrected chi connectivity index (χ4v) is 4.49. The third kappa shape index (κ3) is 2.93. The molecule has 3 aromatic rings. The van der Waals surface area contributed by atoms with Gasteiger partial charge in [-0.3, -0.25) is 29.0 Å². The van der Waals surface area contributed by atoms with Gasteiger partial charge in [-0.25, -0.2) is 0 Å². The third-order valence-corrected chi connectivity index (χ3v) is 6.38. The number of carbonyl (C=O) groups excluding carboxylic acids is 3. The first-order valence-electron chi connectivity index (χ1n) is 9.54. The standard InChI is InChI=1S/C23H15IN2O5/c1-25-22(29)19-15(16-11-31-17-5-3-2-4-14(17)21(16)28)10-18(27)26(20(19)23(25)30)13-8-6-12(24)7-9-13/h2-9,11,15H,10H2,1H3. The molecule has 7 nitrogen and oxygen atoms in total. The summed E-state index contributed by atoms with van der Waals surface area (Å²) in [6.45, 7) is 0. The molecule has 0 saturated heterocycles. The number of anilines is 1. The number of hydrogen-bond acceptors (Lipinski definition) is 5. The molecule has 1 unspecified atom stereocenters. The van der Waals surface area contributed by atoms with Crippen LogP contribution in [-0.4, -0.2) is 29.7 Å². The van der Waals surface area contributed by atoms with Gasteiger partial charge < -0.3 is 4.42 Å². The number of halogens is 1. The molecule has 0 fully saturated rings. The maximum atomic E-state index is 13.2. The van der Waals surface area contributed by atoms with Crippen molar-refractivity contribution in [3.8, 4) is 0 Å². The van der Waals surface area contributed by atoms with Gasteiger partial charge in [0.25, 0.3) is 11.8 Å². The van der Waals surface area contributed by atoms with E-state index in [-0.39, 0.29) is 34.6 Å². The highest BCUT2D eigenvalue weighted by atomic mass is 127. The van der Waals surface area contributed by atoms with Gasteiger partial charge in [-0.2, -0.15) is 0 Å². The van der Waals surface area contributed by atoms with E-state index in [4.69, 9.17) is 4.42 Å². The van der Waals surface area contributed by atoms with Crippen molar-refractivity contribution in [2.75, 3.05) is 11.9 Å². The molecule has 0 spiro atoms. The van der Waals surface area contributed by atoms with Gasteiger partial charge in [-0.1, -0.05) is 12.1 Å². The van der Waals surface area contributed by atoms with Crippen molar-refractivity contribution >= 4 is 57.0 Å².